The van der Waals surface area contributed by atoms with Gasteiger partial charge in [-0.25, -0.2) is 4.98 Å². The number of rotatable bonds is 2. The van der Waals surface area contributed by atoms with Crippen molar-refractivity contribution in [1.82, 2.24) is 4.98 Å². The molecule has 0 atom stereocenters. The molecule has 0 aromatic carbocycles. The van der Waals surface area contributed by atoms with E-state index >= 15 is 0 Å². The van der Waals surface area contributed by atoms with Crippen molar-refractivity contribution in [1.29, 1.82) is 0 Å². The maximum Gasteiger partial charge on any atom is 0.152 e. The van der Waals surface area contributed by atoms with Crippen molar-refractivity contribution >= 4 is 11.5 Å². The van der Waals surface area contributed by atoms with Crippen LogP contribution in [0.2, 0.25) is 0 Å². The van der Waals surface area contributed by atoms with Gasteiger partial charge in [0.25, 0.3) is 0 Å². The van der Waals surface area contributed by atoms with Crippen LogP contribution in [0.15, 0.2) is 18.3 Å². The van der Waals surface area contributed by atoms with Crippen molar-refractivity contribution in [3.8, 4) is 0 Å². The van der Waals surface area contributed by atoms with E-state index in [-0.39, 0.29) is 0 Å². The molecule has 1 aromatic rings. The van der Waals surface area contributed by atoms with Gasteiger partial charge in [-0.05, 0) is 30.9 Å². The van der Waals surface area contributed by atoms with Crippen molar-refractivity contribution in [3.63, 3.8) is 0 Å². The summed E-state index contributed by atoms with van der Waals surface area (Å²) in [5.41, 5.74) is 1.19. The lowest BCUT2D eigenvalue weighted by Gasteiger charge is -2.30. The predicted molar refractivity (Wildman–Crippen MR) is 57.7 cm³/mol. The first-order valence-electron chi connectivity index (χ1n) is 5.37. The minimum atomic E-state index is 0.933. The Labute approximate surface area is 84.1 Å². The quantitative estimate of drug-likeness (QED) is 0.768. The number of nitrogens with zero attached hydrogens (tertiary/aromatic N) is 2. The van der Waals surface area contributed by atoms with Gasteiger partial charge in [-0.3, -0.25) is 0 Å². The third kappa shape index (κ3) is 1.43. The highest BCUT2D eigenvalue weighted by Gasteiger charge is 2.27. The summed E-state index contributed by atoms with van der Waals surface area (Å²) in [7, 11) is 0. The summed E-state index contributed by atoms with van der Waals surface area (Å²) in [5.74, 6) is 2.08. The summed E-state index contributed by atoms with van der Waals surface area (Å²) in [6.45, 7) is 3.34. The molecule has 1 aliphatic carbocycles. The van der Waals surface area contributed by atoms with E-state index in [9.17, 15) is 0 Å². The molecular weight excluding hydrogens is 174 g/mol. The van der Waals surface area contributed by atoms with Crippen molar-refractivity contribution < 1.29 is 0 Å². The van der Waals surface area contributed by atoms with E-state index in [1.165, 1.54) is 25.1 Å². The zero-order valence-electron chi connectivity index (χ0n) is 8.24. The van der Waals surface area contributed by atoms with E-state index in [0.717, 1.165) is 24.8 Å². The van der Waals surface area contributed by atoms with Crippen molar-refractivity contribution in [2.45, 2.75) is 12.8 Å². The molecule has 0 bridgehead atoms. The molecule has 2 aliphatic rings. The van der Waals surface area contributed by atoms with Crippen LogP contribution >= 0.6 is 0 Å². The van der Waals surface area contributed by atoms with Crippen LogP contribution in [-0.2, 0) is 0 Å². The molecule has 3 rings (SSSR count). The first kappa shape index (κ1) is 8.09. The number of fused-ring (bicyclic) bond motifs is 1. The van der Waals surface area contributed by atoms with Crippen molar-refractivity contribution in [3.05, 3.63) is 18.3 Å². The van der Waals surface area contributed by atoms with Gasteiger partial charge in [0.05, 0.1) is 5.69 Å². The number of pyridine rings is 1. The molecule has 0 radical (unpaired) electrons. The maximum absolute atomic E-state index is 4.44. The average Bonchev–Trinajstić information content (AvgIpc) is 3.03. The van der Waals surface area contributed by atoms with Crippen molar-refractivity contribution in [2.75, 3.05) is 29.9 Å². The molecule has 0 saturated heterocycles. The predicted octanol–water partition coefficient (Wildman–Crippen LogP) is 1.72. The summed E-state index contributed by atoms with van der Waals surface area (Å²) >= 11 is 0. The molecular formula is C11H15N3. The SMILES string of the molecule is c1cnc2c(c1)NCCN2CC1CC1. The topological polar surface area (TPSA) is 28.2 Å². The summed E-state index contributed by atoms with van der Waals surface area (Å²) in [6.07, 6.45) is 4.70. The average molecular weight is 189 g/mol. The number of nitrogens with one attached hydrogen (secondary N) is 1. The Bertz CT molecular complexity index is 333. The molecule has 0 amide bonds. The largest absolute Gasteiger partial charge is 0.380 e. The standard InChI is InChI=1S/C11H15N3/c1-2-10-11(13-5-1)14(7-6-12-10)8-9-3-4-9/h1-2,5,9,12H,3-4,6-8H2. The van der Waals surface area contributed by atoms with Crippen LogP contribution in [0, 0.1) is 5.92 Å². The van der Waals surface area contributed by atoms with E-state index < -0.39 is 0 Å². The number of hydrogen-bond acceptors (Lipinski definition) is 3. The van der Waals surface area contributed by atoms with Gasteiger partial charge in [-0.2, -0.15) is 0 Å². The Hall–Kier alpha value is -1.25. The fraction of sp³-hybridized carbons (Fsp3) is 0.545. The van der Waals surface area contributed by atoms with Gasteiger partial charge in [0.2, 0.25) is 0 Å². The lowest BCUT2D eigenvalue weighted by atomic mass is 10.2. The lowest BCUT2D eigenvalue weighted by molar-refractivity contribution is 0.708. The van der Waals surface area contributed by atoms with Crippen LogP contribution in [0.4, 0.5) is 11.5 Å². The van der Waals surface area contributed by atoms with Gasteiger partial charge < -0.3 is 10.2 Å². The Morgan fingerprint density at radius 2 is 2.43 bits per heavy atom. The highest BCUT2D eigenvalue weighted by Crippen LogP contribution is 2.33. The van der Waals surface area contributed by atoms with Crippen molar-refractivity contribution in [2.24, 2.45) is 5.92 Å². The Kier molecular flexibility index (Phi) is 1.82. The van der Waals surface area contributed by atoms with Crippen LogP contribution < -0.4 is 10.2 Å². The van der Waals surface area contributed by atoms with E-state index in [4.69, 9.17) is 0 Å². The lowest BCUT2D eigenvalue weighted by Crippen LogP contribution is -2.36. The molecule has 74 valence electrons. The van der Waals surface area contributed by atoms with Gasteiger partial charge >= 0.3 is 0 Å². The third-order valence-corrected chi connectivity index (χ3v) is 2.96. The van der Waals surface area contributed by atoms with E-state index in [1.54, 1.807) is 0 Å². The zero-order valence-corrected chi connectivity index (χ0v) is 8.24. The van der Waals surface area contributed by atoms with Gasteiger partial charge in [-0.15, -0.1) is 0 Å². The van der Waals surface area contributed by atoms with Crippen LogP contribution in [0.5, 0.6) is 0 Å². The number of hydrogen-bond donors (Lipinski definition) is 1. The molecule has 0 spiro atoms. The Morgan fingerprint density at radius 1 is 1.50 bits per heavy atom. The second-order valence-corrected chi connectivity index (χ2v) is 4.19. The van der Waals surface area contributed by atoms with E-state index in [2.05, 4.69) is 21.3 Å². The summed E-state index contributed by atoms with van der Waals surface area (Å²) in [5, 5.41) is 3.38. The van der Waals surface area contributed by atoms with Crippen LogP contribution in [0.1, 0.15) is 12.8 Å². The van der Waals surface area contributed by atoms with Gasteiger partial charge in [0.1, 0.15) is 0 Å². The van der Waals surface area contributed by atoms with Crippen LogP contribution in [-0.4, -0.2) is 24.6 Å². The monoisotopic (exact) mass is 189 g/mol. The van der Waals surface area contributed by atoms with Crippen LogP contribution in [0.3, 0.4) is 0 Å². The highest BCUT2D eigenvalue weighted by molar-refractivity contribution is 5.67. The number of anilines is 2. The zero-order chi connectivity index (χ0) is 9.38. The first-order chi connectivity index (χ1) is 6.93. The maximum atomic E-state index is 4.44. The molecule has 0 unspecified atom stereocenters. The number of aromatic nitrogens is 1. The molecule has 3 nitrogen and oxygen atoms in total. The minimum absolute atomic E-state index is 0.933. The molecule has 1 fully saturated rings. The Morgan fingerprint density at radius 3 is 3.29 bits per heavy atom. The Balaban J connectivity index is 1.85. The molecule has 1 aliphatic heterocycles. The van der Waals surface area contributed by atoms with E-state index in [0.29, 0.717) is 0 Å². The molecule has 3 heteroatoms. The summed E-state index contributed by atoms with van der Waals surface area (Å²) in [4.78, 5) is 6.87. The van der Waals surface area contributed by atoms with E-state index in [1.807, 2.05) is 12.3 Å². The molecule has 1 saturated carbocycles. The second-order valence-electron chi connectivity index (χ2n) is 4.19. The smallest absolute Gasteiger partial charge is 0.152 e. The summed E-state index contributed by atoms with van der Waals surface area (Å²) in [6, 6.07) is 4.11. The molecule has 1 aromatic heterocycles. The normalized spacial score (nSPS) is 20.1. The first-order valence-corrected chi connectivity index (χ1v) is 5.37. The van der Waals surface area contributed by atoms with Gasteiger partial charge in [0, 0.05) is 25.8 Å². The van der Waals surface area contributed by atoms with Crippen LogP contribution in [0.25, 0.3) is 0 Å². The highest BCUT2D eigenvalue weighted by atomic mass is 15.2. The molecule has 14 heavy (non-hydrogen) atoms. The fourth-order valence-corrected chi connectivity index (χ4v) is 2.01. The molecule has 1 N–H and O–H groups in total. The fourth-order valence-electron chi connectivity index (χ4n) is 2.01. The third-order valence-electron chi connectivity index (χ3n) is 2.96. The van der Waals surface area contributed by atoms with Gasteiger partial charge in [-0.1, -0.05) is 0 Å². The summed E-state index contributed by atoms with van der Waals surface area (Å²) < 4.78 is 0. The van der Waals surface area contributed by atoms with Gasteiger partial charge in [0.15, 0.2) is 5.82 Å². The minimum Gasteiger partial charge on any atom is -0.380 e. The molecule has 2 heterocycles. The second kappa shape index (κ2) is 3.15.